The van der Waals surface area contributed by atoms with Crippen molar-refractivity contribution in [3.05, 3.63) is 11.9 Å². The van der Waals surface area contributed by atoms with Crippen molar-refractivity contribution in [3.63, 3.8) is 0 Å². The van der Waals surface area contributed by atoms with Gasteiger partial charge in [-0.05, 0) is 32.7 Å². The summed E-state index contributed by atoms with van der Waals surface area (Å²) in [5, 5.41) is 8.06. The SMILES string of the molecule is CCCNC1CCCN(c2cn(C)nc2C)C1. The molecule has 1 aromatic heterocycles. The van der Waals surface area contributed by atoms with Crippen LogP contribution < -0.4 is 10.2 Å². The van der Waals surface area contributed by atoms with Crippen LogP contribution >= 0.6 is 0 Å². The normalized spacial score (nSPS) is 20.9. The van der Waals surface area contributed by atoms with Gasteiger partial charge in [-0.25, -0.2) is 0 Å². The van der Waals surface area contributed by atoms with E-state index in [2.05, 4.69) is 35.4 Å². The van der Waals surface area contributed by atoms with Gasteiger partial charge in [-0.2, -0.15) is 5.10 Å². The van der Waals surface area contributed by atoms with Crippen LogP contribution in [0.2, 0.25) is 0 Å². The van der Waals surface area contributed by atoms with Crippen molar-refractivity contribution in [1.29, 1.82) is 0 Å². The third-order valence-electron chi connectivity index (χ3n) is 3.43. The molecule has 96 valence electrons. The molecule has 0 aliphatic carbocycles. The Hall–Kier alpha value is -1.03. The minimum atomic E-state index is 0.642. The topological polar surface area (TPSA) is 33.1 Å². The summed E-state index contributed by atoms with van der Waals surface area (Å²) in [6, 6.07) is 0.642. The van der Waals surface area contributed by atoms with Gasteiger partial charge in [0.15, 0.2) is 0 Å². The monoisotopic (exact) mass is 236 g/mol. The van der Waals surface area contributed by atoms with E-state index in [1.54, 1.807) is 0 Å². The summed E-state index contributed by atoms with van der Waals surface area (Å²) in [4.78, 5) is 2.47. The Morgan fingerprint density at radius 3 is 3.00 bits per heavy atom. The lowest BCUT2D eigenvalue weighted by Gasteiger charge is -2.34. The maximum Gasteiger partial charge on any atom is 0.0827 e. The van der Waals surface area contributed by atoms with Gasteiger partial charge in [0.1, 0.15) is 0 Å². The standard InChI is InChI=1S/C13H24N4/c1-4-7-14-12-6-5-8-17(9-12)13-10-16(3)15-11(13)2/h10,12,14H,4-9H2,1-3H3. The van der Waals surface area contributed by atoms with Crippen LogP contribution in [0.15, 0.2) is 6.20 Å². The van der Waals surface area contributed by atoms with Gasteiger partial charge in [0.05, 0.1) is 11.4 Å². The molecule has 1 unspecified atom stereocenters. The molecule has 1 atom stereocenters. The summed E-state index contributed by atoms with van der Waals surface area (Å²) in [6.45, 7) is 7.73. The fraction of sp³-hybridized carbons (Fsp3) is 0.769. The van der Waals surface area contributed by atoms with Crippen molar-refractivity contribution in [3.8, 4) is 0 Å². The Balaban J connectivity index is 1.99. The summed E-state index contributed by atoms with van der Waals surface area (Å²) >= 11 is 0. The van der Waals surface area contributed by atoms with Crippen molar-refractivity contribution in [2.45, 2.75) is 39.2 Å². The maximum atomic E-state index is 4.43. The molecule has 0 radical (unpaired) electrons. The van der Waals surface area contributed by atoms with Crippen LogP contribution in [0.1, 0.15) is 31.9 Å². The highest BCUT2D eigenvalue weighted by atomic mass is 15.3. The summed E-state index contributed by atoms with van der Waals surface area (Å²) in [7, 11) is 1.99. The van der Waals surface area contributed by atoms with Gasteiger partial charge in [0, 0.05) is 32.4 Å². The van der Waals surface area contributed by atoms with E-state index >= 15 is 0 Å². The maximum absolute atomic E-state index is 4.43. The van der Waals surface area contributed by atoms with Crippen molar-refractivity contribution >= 4 is 5.69 Å². The zero-order chi connectivity index (χ0) is 12.3. The number of hydrogen-bond donors (Lipinski definition) is 1. The minimum Gasteiger partial charge on any atom is -0.367 e. The molecule has 1 fully saturated rings. The predicted molar refractivity (Wildman–Crippen MR) is 71.5 cm³/mol. The average Bonchev–Trinajstić information content (AvgIpc) is 2.66. The van der Waals surface area contributed by atoms with Crippen LogP contribution in [0.5, 0.6) is 0 Å². The van der Waals surface area contributed by atoms with Crippen molar-refractivity contribution in [2.24, 2.45) is 7.05 Å². The van der Waals surface area contributed by atoms with Crippen LogP contribution in [0.4, 0.5) is 5.69 Å². The number of hydrogen-bond acceptors (Lipinski definition) is 3. The highest BCUT2D eigenvalue weighted by molar-refractivity contribution is 5.49. The highest BCUT2D eigenvalue weighted by Crippen LogP contribution is 2.22. The summed E-state index contributed by atoms with van der Waals surface area (Å²) in [6.07, 6.45) is 5.92. The van der Waals surface area contributed by atoms with Gasteiger partial charge in [0.2, 0.25) is 0 Å². The number of piperidine rings is 1. The Kier molecular flexibility index (Phi) is 4.05. The smallest absolute Gasteiger partial charge is 0.0827 e. The summed E-state index contributed by atoms with van der Waals surface area (Å²) in [5.41, 5.74) is 2.44. The fourth-order valence-corrected chi connectivity index (χ4v) is 2.61. The Morgan fingerprint density at radius 1 is 1.53 bits per heavy atom. The number of nitrogens with one attached hydrogen (secondary N) is 1. The number of nitrogens with zero attached hydrogens (tertiary/aromatic N) is 3. The fourth-order valence-electron chi connectivity index (χ4n) is 2.61. The lowest BCUT2D eigenvalue weighted by molar-refractivity contribution is 0.423. The second kappa shape index (κ2) is 5.54. The molecule has 17 heavy (non-hydrogen) atoms. The van der Waals surface area contributed by atoms with E-state index in [9.17, 15) is 0 Å². The van der Waals surface area contributed by atoms with Crippen LogP contribution in [0.25, 0.3) is 0 Å². The molecular weight excluding hydrogens is 212 g/mol. The van der Waals surface area contributed by atoms with Gasteiger partial charge in [-0.1, -0.05) is 6.92 Å². The quantitative estimate of drug-likeness (QED) is 0.863. The minimum absolute atomic E-state index is 0.642. The molecule has 1 aromatic rings. The van der Waals surface area contributed by atoms with E-state index in [0.29, 0.717) is 6.04 Å². The zero-order valence-corrected chi connectivity index (χ0v) is 11.2. The van der Waals surface area contributed by atoms with E-state index in [1.165, 1.54) is 24.9 Å². The van der Waals surface area contributed by atoms with E-state index < -0.39 is 0 Å². The average molecular weight is 236 g/mol. The molecule has 0 saturated carbocycles. The third kappa shape index (κ3) is 3.00. The molecule has 1 N–H and O–H groups in total. The summed E-state index contributed by atoms with van der Waals surface area (Å²) < 4.78 is 1.91. The van der Waals surface area contributed by atoms with Crippen LogP contribution in [-0.4, -0.2) is 35.5 Å². The van der Waals surface area contributed by atoms with Gasteiger partial charge >= 0.3 is 0 Å². The van der Waals surface area contributed by atoms with E-state index in [0.717, 1.165) is 25.3 Å². The van der Waals surface area contributed by atoms with Gasteiger partial charge in [-0.3, -0.25) is 4.68 Å². The molecule has 0 bridgehead atoms. The van der Waals surface area contributed by atoms with Gasteiger partial charge < -0.3 is 10.2 Å². The lowest BCUT2D eigenvalue weighted by Crippen LogP contribution is -2.46. The molecule has 0 spiro atoms. The molecule has 0 amide bonds. The van der Waals surface area contributed by atoms with Crippen molar-refractivity contribution in [2.75, 3.05) is 24.5 Å². The van der Waals surface area contributed by atoms with Gasteiger partial charge in [-0.15, -0.1) is 0 Å². The molecule has 0 aromatic carbocycles. The number of aromatic nitrogens is 2. The second-order valence-corrected chi connectivity index (χ2v) is 5.01. The zero-order valence-electron chi connectivity index (χ0n) is 11.2. The Labute approximate surface area is 104 Å². The van der Waals surface area contributed by atoms with Crippen LogP contribution in [-0.2, 0) is 7.05 Å². The number of rotatable bonds is 4. The summed E-state index contributed by atoms with van der Waals surface area (Å²) in [5.74, 6) is 0. The molecule has 1 aliphatic heterocycles. The number of aryl methyl sites for hydroxylation is 2. The van der Waals surface area contributed by atoms with Crippen molar-refractivity contribution in [1.82, 2.24) is 15.1 Å². The molecule has 4 heteroatoms. The molecular formula is C13H24N4. The van der Waals surface area contributed by atoms with E-state index in [-0.39, 0.29) is 0 Å². The number of anilines is 1. The first-order chi connectivity index (χ1) is 8.20. The van der Waals surface area contributed by atoms with E-state index in [4.69, 9.17) is 0 Å². The molecule has 4 nitrogen and oxygen atoms in total. The lowest BCUT2D eigenvalue weighted by atomic mass is 10.0. The first kappa shape index (κ1) is 12.4. The molecule has 2 rings (SSSR count). The second-order valence-electron chi connectivity index (χ2n) is 5.01. The molecule has 2 heterocycles. The highest BCUT2D eigenvalue weighted by Gasteiger charge is 2.21. The largest absolute Gasteiger partial charge is 0.367 e. The Bertz CT molecular complexity index is 358. The van der Waals surface area contributed by atoms with E-state index in [1.807, 2.05) is 11.7 Å². The third-order valence-corrected chi connectivity index (χ3v) is 3.43. The van der Waals surface area contributed by atoms with Crippen LogP contribution in [0, 0.1) is 6.92 Å². The van der Waals surface area contributed by atoms with Gasteiger partial charge in [0.25, 0.3) is 0 Å². The first-order valence-corrected chi connectivity index (χ1v) is 6.69. The molecule has 1 aliphatic rings. The van der Waals surface area contributed by atoms with Crippen LogP contribution in [0.3, 0.4) is 0 Å². The van der Waals surface area contributed by atoms with Crippen molar-refractivity contribution < 1.29 is 0 Å². The Morgan fingerprint density at radius 2 is 2.35 bits per heavy atom. The molecule has 1 saturated heterocycles. The predicted octanol–water partition coefficient (Wildman–Crippen LogP) is 1.70. The first-order valence-electron chi connectivity index (χ1n) is 6.69.